The van der Waals surface area contributed by atoms with Crippen molar-refractivity contribution in [3.63, 3.8) is 0 Å². The van der Waals surface area contributed by atoms with Crippen molar-refractivity contribution in [3.05, 3.63) is 0 Å². The van der Waals surface area contributed by atoms with Crippen molar-refractivity contribution in [2.24, 2.45) is 0 Å². The summed E-state index contributed by atoms with van der Waals surface area (Å²) in [4.78, 5) is 23.3. The summed E-state index contributed by atoms with van der Waals surface area (Å²) in [6.45, 7) is 4.92. The molecule has 5 nitrogen and oxygen atoms in total. The van der Waals surface area contributed by atoms with Crippen LogP contribution in [0.3, 0.4) is 0 Å². The molecule has 1 atom stereocenters. The number of nitrogens with zero attached hydrogens (tertiary/aromatic N) is 1. The zero-order valence-corrected chi connectivity index (χ0v) is 9.90. The number of carboxylic acids is 1. The van der Waals surface area contributed by atoms with Crippen molar-refractivity contribution in [1.29, 1.82) is 0 Å². The summed E-state index contributed by atoms with van der Waals surface area (Å²) in [5.41, 5.74) is -0.563. The molecule has 0 saturated heterocycles. The lowest BCUT2D eigenvalue weighted by atomic mass is 9.98. The number of carbonyl (C=O) groups is 2. The molecule has 0 fully saturated rings. The van der Waals surface area contributed by atoms with Gasteiger partial charge in [-0.25, -0.2) is 4.79 Å². The Morgan fingerprint density at radius 1 is 1.47 bits per heavy atom. The van der Waals surface area contributed by atoms with Gasteiger partial charge in [0.1, 0.15) is 6.04 Å². The Bertz CT molecular complexity index is 250. The maximum Gasteiger partial charge on any atom is 0.326 e. The minimum Gasteiger partial charge on any atom is -0.480 e. The second-order valence-corrected chi connectivity index (χ2v) is 4.15. The van der Waals surface area contributed by atoms with Crippen LogP contribution in [0.15, 0.2) is 0 Å². The Morgan fingerprint density at radius 3 is 2.20 bits per heavy atom. The van der Waals surface area contributed by atoms with E-state index in [1.165, 1.54) is 26.0 Å². The summed E-state index contributed by atoms with van der Waals surface area (Å²) in [5.74, 6) is -1.29. The van der Waals surface area contributed by atoms with Gasteiger partial charge in [-0.05, 0) is 13.8 Å². The number of amides is 1. The van der Waals surface area contributed by atoms with Gasteiger partial charge in [-0.1, -0.05) is 0 Å². The van der Waals surface area contributed by atoms with Gasteiger partial charge in [0.2, 0.25) is 5.91 Å². The Hall–Kier alpha value is -1.10. The quantitative estimate of drug-likeness (QED) is 0.737. The molecule has 0 aliphatic rings. The number of hydrogen-bond acceptors (Lipinski definition) is 3. The molecule has 0 heterocycles. The van der Waals surface area contributed by atoms with Crippen LogP contribution in [0.5, 0.6) is 0 Å². The van der Waals surface area contributed by atoms with Crippen molar-refractivity contribution in [3.8, 4) is 0 Å². The van der Waals surface area contributed by atoms with Crippen molar-refractivity contribution in [1.82, 2.24) is 4.90 Å². The van der Waals surface area contributed by atoms with Crippen LogP contribution in [0.1, 0.15) is 27.2 Å². The number of methoxy groups -OCH3 is 1. The number of carboxylic acid groups (broad SMARTS) is 1. The molecule has 1 amide bonds. The second-order valence-electron chi connectivity index (χ2n) is 4.15. The first kappa shape index (κ1) is 13.9. The normalized spacial score (nSPS) is 13.4. The lowest BCUT2D eigenvalue weighted by Gasteiger charge is -2.31. The molecule has 0 spiro atoms. The molecule has 0 aromatic heterocycles. The molecule has 0 aromatic rings. The van der Waals surface area contributed by atoms with E-state index in [1.807, 2.05) is 0 Å². The molecule has 5 heteroatoms. The number of likely N-dealkylation sites (N-methyl/N-ethyl adjacent to an activating group) is 1. The fraction of sp³-hybridized carbons (Fsp3) is 0.800. The molecule has 1 unspecified atom stereocenters. The minimum atomic E-state index is -1.02. The molecular weight excluding hydrogens is 198 g/mol. The molecule has 0 bridgehead atoms. The highest BCUT2D eigenvalue weighted by Crippen LogP contribution is 2.18. The van der Waals surface area contributed by atoms with E-state index < -0.39 is 17.6 Å². The smallest absolute Gasteiger partial charge is 0.326 e. The fourth-order valence-corrected chi connectivity index (χ4v) is 1.16. The molecule has 0 aromatic carbocycles. The van der Waals surface area contributed by atoms with E-state index in [4.69, 9.17) is 9.84 Å². The molecule has 0 aliphatic carbocycles. The predicted molar refractivity (Wildman–Crippen MR) is 55.6 cm³/mol. The van der Waals surface area contributed by atoms with Gasteiger partial charge in [0, 0.05) is 27.5 Å². The first-order valence-corrected chi connectivity index (χ1v) is 4.72. The maximum absolute atomic E-state index is 11.1. The summed E-state index contributed by atoms with van der Waals surface area (Å²) in [5, 5.41) is 9.00. The topological polar surface area (TPSA) is 66.8 Å². The number of aliphatic carboxylic acids is 1. The average molecular weight is 217 g/mol. The second kappa shape index (κ2) is 5.11. The van der Waals surface area contributed by atoms with E-state index in [-0.39, 0.29) is 12.3 Å². The molecule has 88 valence electrons. The van der Waals surface area contributed by atoms with Gasteiger partial charge in [0.05, 0.1) is 5.60 Å². The van der Waals surface area contributed by atoms with Crippen molar-refractivity contribution >= 4 is 11.9 Å². The van der Waals surface area contributed by atoms with E-state index in [9.17, 15) is 9.59 Å². The summed E-state index contributed by atoms with van der Waals surface area (Å²) < 4.78 is 5.15. The molecule has 0 rings (SSSR count). The highest BCUT2D eigenvalue weighted by Gasteiger charge is 2.31. The Balaban J connectivity index is 4.70. The number of hydrogen-bond donors (Lipinski definition) is 1. The van der Waals surface area contributed by atoms with Crippen LogP contribution < -0.4 is 0 Å². The largest absolute Gasteiger partial charge is 0.480 e. The summed E-state index contributed by atoms with van der Waals surface area (Å²) in [7, 11) is 3.00. The Labute approximate surface area is 90.0 Å². The standard InChI is InChI=1S/C10H19NO4/c1-7(12)11(4)8(9(13)14)6-10(2,3)15-5/h8H,6H2,1-5H3,(H,13,14). The third kappa shape index (κ3) is 4.29. The maximum atomic E-state index is 11.1. The lowest BCUT2D eigenvalue weighted by molar-refractivity contribution is -0.151. The van der Waals surface area contributed by atoms with E-state index in [0.29, 0.717) is 0 Å². The van der Waals surface area contributed by atoms with Crippen LogP contribution in [0.4, 0.5) is 0 Å². The van der Waals surface area contributed by atoms with Crippen LogP contribution >= 0.6 is 0 Å². The monoisotopic (exact) mass is 217 g/mol. The predicted octanol–water partition coefficient (Wildman–Crippen LogP) is 0.733. The average Bonchev–Trinajstić information content (AvgIpc) is 2.12. The van der Waals surface area contributed by atoms with Gasteiger partial charge in [-0.3, -0.25) is 4.79 Å². The van der Waals surface area contributed by atoms with Gasteiger partial charge in [0.25, 0.3) is 0 Å². The molecule has 1 N–H and O–H groups in total. The summed E-state index contributed by atoms with van der Waals surface area (Å²) in [6.07, 6.45) is 0.259. The third-order valence-electron chi connectivity index (χ3n) is 2.49. The number of rotatable bonds is 5. The van der Waals surface area contributed by atoms with Crippen molar-refractivity contribution in [2.45, 2.75) is 38.8 Å². The zero-order chi connectivity index (χ0) is 12.2. The summed E-state index contributed by atoms with van der Waals surface area (Å²) in [6, 6.07) is -0.850. The van der Waals surface area contributed by atoms with Gasteiger partial charge >= 0.3 is 5.97 Å². The first-order chi connectivity index (χ1) is 6.71. The number of ether oxygens (including phenoxy) is 1. The Morgan fingerprint density at radius 2 is 1.93 bits per heavy atom. The van der Waals surface area contributed by atoms with E-state index in [2.05, 4.69) is 0 Å². The molecule has 0 radical (unpaired) electrons. The minimum absolute atomic E-state index is 0.259. The van der Waals surface area contributed by atoms with Gasteiger partial charge in [-0.15, -0.1) is 0 Å². The molecule has 15 heavy (non-hydrogen) atoms. The van der Waals surface area contributed by atoms with Crippen LogP contribution in [-0.2, 0) is 14.3 Å². The van der Waals surface area contributed by atoms with E-state index in [0.717, 1.165) is 0 Å². The van der Waals surface area contributed by atoms with Crippen LogP contribution in [0.2, 0.25) is 0 Å². The fourth-order valence-electron chi connectivity index (χ4n) is 1.16. The van der Waals surface area contributed by atoms with Gasteiger partial charge < -0.3 is 14.7 Å². The highest BCUT2D eigenvalue weighted by molar-refractivity contribution is 5.82. The van der Waals surface area contributed by atoms with Gasteiger partial charge in [0.15, 0.2) is 0 Å². The SMILES string of the molecule is COC(C)(C)CC(C(=O)O)N(C)C(C)=O. The van der Waals surface area contributed by atoms with E-state index >= 15 is 0 Å². The van der Waals surface area contributed by atoms with Crippen molar-refractivity contribution < 1.29 is 19.4 Å². The lowest BCUT2D eigenvalue weighted by Crippen LogP contribution is -2.45. The van der Waals surface area contributed by atoms with Crippen molar-refractivity contribution in [2.75, 3.05) is 14.2 Å². The van der Waals surface area contributed by atoms with E-state index in [1.54, 1.807) is 13.8 Å². The molecule has 0 saturated carbocycles. The molecular formula is C10H19NO4. The molecule has 0 aliphatic heterocycles. The van der Waals surface area contributed by atoms with Gasteiger partial charge in [-0.2, -0.15) is 0 Å². The zero-order valence-electron chi connectivity index (χ0n) is 9.90. The third-order valence-corrected chi connectivity index (χ3v) is 2.49. The highest BCUT2D eigenvalue weighted by atomic mass is 16.5. The number of carbonyl (C=O) groups excluding carboxylic acids is 1. The first-order valence-electron chi connectivity index (χ1n) is 4.72. The van der Waals surface area contributed by atoms with Crippen LogP contribution in [-0.4, -0.2) is 47.7 Å². The van der Waals surface area contributed by atoms with Crippen LogP contribution in [0.25, 0.3) is 0 Å². The Kier molecular flexibility index (Phi) is 4.74. The van der Waals surface area contributed by atoms with Crippen LogP contribution in [0, 0.1) is 0 Å². The summed E-state index contributed by atoms with van der Waals surface area (Å²) >= 11 is 0.